The van der Waals surface area contributed by atoms with Gasteiger partial charge in [0.1, 0.15) is 5.75 Å². The Labute approximate surface area is 229 Å². The van der Waals surface area contributed by atoms with Crippen molar-refractivity contribution in [3.63, 3.8) is 0 Å². The second kappa shape index (κ2) is 12.6. The van der Waals surface area contributed by atoms with Gasteiger partial charge in [-0.15, -0.1) is 0 Å². The van der Waals surface area contributed by atoms with E-state index in [0.717, 1.165) is 31.5 Å². The number of para-hydroxylation sites is 2. The summed E-state index contributed by atoms with van der Waals surface area (Å²) in [5.74, 6) is 0.181. The van der Waals surface area contributed by atoms with Crippen LogP contribution in [0.1, 0.15) is 24.8 Å². The molecule has 2 aromatic carbocycles. The third kappa shape index (κ3) is 7.14. The van der Waals surface area contributed by atoms with E-state index in [1.54, 1.807) is 47.4 Å². The van der Waals surface area contributed by atoms with Gasteiger partial charge in [0.2, 0.25) is 17.8 Å². The van der Waals surface area contributed by atoms with Crippen LogP contribution in [-0.2, 0) is 11.3 Å². The Kier molecular flexibility index (Phi) is 9.03. The van der Waals surface area contributed by atoms with Crippen LogP contribution >= 0.6 is 23.2 Å². The fourth-order valence-corrected chi connectivity index (χ4v) is 4.27. The molecule has 13 heteroatoms. The Bertz CT molecular complexity index is 1300. The molecule has 1 aromatic heterocycles. The monoisotopic (exact) mass is 559 g/mol. The summed E-state index contributed by atoms with van der Waals surface area (Å²) in [5.41, 5.74) is 1.26. The number of benzene rings is 2. The molecule has 0 aliphatic carbocycles. The number of anilines is 4. The summed E-state index contributed by atoms with van der Waals surface area (Å²) < 4.78 is 5.29. The van der Waals surface area contributed by atoms with Crippen LogP contribution in [0.2, 0.25) is 10.0 Å². The molecule has 0 atom stereocenters. The minimum Gasteiger partial charge on any atom is -0.495 e. The van der Waals surface area contributed by atoms with Crippen molar-refractivity contribution in [1.29, 1.82) is 0 Å². The zero-order valence-electron chi connectivity index (χ0n) is 20.7. The predicted octanol–water partition coefficient (Wildman–Crippen LogP) is 4.91. The van der Waals surface area contributed by atoms with Gasteiger partial charge in [-0.2, -0.15) is 15.0 Å². The average molecular weight is 560 g/mol. The largest absolute Gasteiger partial charge is 0.495 e. The van der Waals surface area contributed by atoms with Crippen molar-refractivity contribution in [1.82, 2.24) is 15.0 Å². The molecule has 1 aliphatic heterocycles. The minimum absolute atomic E-state index is 0.0266. The first-order valence-electron chi connectivity index (χ1n) is 11.9. The number of carbonyl (C=O) groups is 2. The molecule has 1 aliphatic rings. The molecular formula is C25H27Cl2N7O4. The lowest BCUT2D eigenvalue weighted by atomic mass is 10.2. The number of amides is 2. The molecule has 2 amide bonds. The SMILES string of the molecule is COc1ccccc1NC(=O)Nc1nc(N2CCCC2)nc(N(CCC(=O)O)Cc2ccc(Cl)c(Cl)c2)n1. The molecule has 2 heterocycles. The van der Waals surface area contributed by atoms with E-state index in [1.807, 2.05) is 4.90 Å². The smallest absolute Gasteiger partial charge is 0.326 e. The average Bonchev–Trinajstić information content (AvgIpc) is 3.44. The molecule has 3 N–H and O–H groups in total. The van der Waals surface area contributed by atoms with Crippen molar-refractivity contribution in [3.8, 4) is 5.75 Å². The van der Waals surface area contributed by atoms with Gasteiger partial charge in [-0.1, -0.05) is 41.4 Å². The topological polar surface area (TPSA) is 133 Å². The number of rotatable bonds is 10. The molecule has 11 nitrogen and oxygen atoms in total. The zero-order chi connectivity index (χ0) is 27.1. The van der Waals surface area contributed by atoms with Crippen molar-refractivity contribution in [2.75, 3.05) is 47.2 Å². The number of hydrogen-bond donors (Lipinski definition) is 3. The minimum atomic E-state index is -0.965. The number of nitrogens with one attached hydrogen (secondary N) is 2. The maximum atomic E-state index is 12.8. The number of carbonyl (C=O) groups excluding carboxylic acids is 1. The van der Waals surface area contributed by atoms with Crippen LogP contribution in [0.5, 0.6) is 5.75 Å². The van der Waals surface area contributed by atoms with E-state index in [2.05, 4.69) is 25.6 Å². The quantitative estimate of drug-likeness (QED) is 0.316. The zero-order valence-corrected chi connectivity index (χ0v) is 22.2. The number of aliphatic carboxylic acids is 1. The summed E-state index contributed by atoms with van der Waals surface area (Å²) in [7, 11) is 1.51. The van der Waals surface area contributed by atoms with E-state index in [0.29, 0.717) is 27.4 Å². The number of ether oxygens (including phenoxy) is 1. The Balaban J connectivity index is 1.64. The second-order valence-corrected chi connectivity index (χ2v) is 9.36. The highest BCUT2D eigenvalue weighted by atomic mass is 35.5. The molecule has 1 fully saturated rings. The van der Waals surface area contributed by atoms with Crippen molar-refractivity contribution in [3.05, 3.63) is 58.1 Å². The van der Waals surface area contributed by atoms with E-state index in [-0.39, 0.29) is 31.4 Å². The van der Waals surface area contributed by atoms with Crippen LogP contribution in [0.15, 0.2) is 42.5 Å². The third-order valence-electron chi connectivity index (χ3n) is 5.82. The van der Waals surface area contributed by atoms with Crippen molar-refractivity contribution in [2.45, 2.75) is 25.8 Å². The Morgan fingerprint density at radius 3 is 2.53 bits per heavy atom. The molecule has 200 valence electrons. The standard InChI is InChI=1S/C25H27Cl2N7O4/c1-38-20-7-3-2-6-19(20)28-25(37)31-22-29-23(33-11-4-5-12-33)32-24(30-22)34(13-10-21(35)36)15-16-8-9-17(26)18(27)14-16/h2-3,6-9,14H,4-5,10-13,15H2,1H3,(H,35,36)(H2,28,29,30,31,32,37). The lowest BCUT2D eigenvalue weighted by molar-refractivity contribution is -0.136. The summed E-state index contributed by atoms with van der Waals surface area (Å²) in [6, 6.07) is 11.6. The Morgan fingerprint density at radius 1 is 1.05 bits per heavy atom. The van der Waals surface area contributed by atoms with Crippen LogP contribution in [-0.4, -0.2) is 58.8 Å². The number of urea groups is 1. The first-order chi connectivity index (χ1) is 18.3. The lowest BCUT2D eigenvalue weighted by Crippen LogP contribution is -2.30. The summed E-state index contributed by atoms with van der Waals surface area (Å²) in [4.78, 5) is 41.5. The van der Waals surface area contributed by atoms with Crippen molar-refractivity contribution < 1.29 is 19.4 Å². The number of carboxylic acids is 1. The maximum absolute atomic E-state index is 12.8. The highest BCUT2D eigenvalue weighted by molar-refractivity contribution is 6.42. The van der Waals surface area contributed by atoms with Gasteiger partial charge in [0, 0.05) is 26.2 Å². The molecule has 0 saturated carbocycles. The van der Waals surface area contributed by atoms with Crippen molar-refractivity contribution in [2.24, 2.45) is 0 Å². The summed E-state index contributed by atoms with van der Waals surface area (Å²) >= 11 is 12.3. The lowest BCUT2D eigenvalue weighted by Gasteiger charge is -2.24. The first kappa shape index (κ1) is 27.2. The number of aromatic nitrogens is 3. The molecule has 38 heavy (non-hydrogen) atoms. The van der Waals surface area contributed by atoms with Gasteiger partial charge in [-0.05, 0) is 42.7 Å². The molecule has 0 bridgehead atoms. The van der Waals surface area contributed by atoms with Crippen LogP contribution < -0.4 is 25.2 Å². The van der Waals surface area contributed by atoms with Crippen LogP contribution in [0.25, 0.3) is 0 Å². The van der Waals surface area contributed by atoms with Gasteiger partial charge in [-0.3, -0.25) is 10.1 Å². The van der Waals surface area contributed by atoms with Gasteiger partial charge in [0.05, 0.1) is 29.3 Å². The summed E-state index contributed by atoms with van der Waals surface area (Å²) in [5, 5.41) is 15.5. The highest BCUT2D eigenvalue weighted by Crippen LogP contribution is 2.26. The van der Waals surface area contributed by atoms with Gasteiger partial charge in [0.25, 0.3) is 0 Å². The molecule has 0 spiro atoms. The Hall–Kier alpha value is -3.83. The van der Waals surface area contributed by atoms with E-state index in [4.69, 9.17) is 27.9 Å². The van der Waals surface area contributed by atoms with E-state index in [1.165, 1.54) is 7.11 Å². The van der Waals surface area contributed by atoms with Crippen LogP contribution in [0.3, 0.4) is 0 Å². The van der Waals surface area contributed by atoms with E-state index in [9.17, 15) is 14.7 Å². The van der Waals surface area contributed by atoms with Crippen molar-refractivity contribution >= 4 is 58.7 Å². The molecule has 0 unspecified atom stereocenters. The van der Waals surface area contributed by atoms with Gasteiger partial charge < -0.3 is 25.0 Å². The Morgan fingerprint density at radius 2 is 1.82 bits per heavy atom. The van der Waals surface area contributed by atoms with Gasteiger partial charge in [-0.25, -0.2) is 4.79 Å². The number of hydrogen-bond acceptors (Lipinski definition) is 8. The van der Waals surface area contributed by atoms with E-state index >= 15 is 0 Å². The highest BCUT2D eigenvalue weighted by Gasteiger charge is 2.22. The fourth-order valence-electron chi connectivity index (χ4n) is 3.95. The predicted molar refractivity (Wildman–Crippen MR) is 147 cm³/mol. The fraction of sp³-hybridized carbons (Fsp3) is 0.320. The molecule has 4 rings (SSSR count). The molecule has 1 saturated heterocycles. The van der Waals surface area contributed by atoms with E-state index < -0.39 is 12.0 Å². The number of halogens is 2. The summed E-state index contributed by atoms with van der Waals surface area (Å²) in [6.07, 6.45) is 1.83. The van der Waals surface area contributed by atoms with Gasteiger partial charge >= 0.3 is 12.0 Å². The van der Waals surface area contributed by atoms with Crippen LogP contribution in [0, 0.1) is 0 Å². The number of nitrogens with zero attached hydrogens (tertiary/aromatic N) is 5. The third-order valence-corrected chi connectivity index (χ3v) is 6.56. The molecule has 0 radical (unpaired) electrons. The summed E-state index contributed by atoms with van der Waals surface area (Å²) in [6.45, 7) is 1.91. The molecule has 3 aromatic rings. The van der Waals surface area contributed by atoms with Crippen LogP contribution in [0.4, 0.5) is 28.3 Å². The number of carboxylic acid groups (broad SMARTS) is 1. The second-order valence-electron chi connectivity index (χ2n) is 8.55. The number of methoxy groups -OCH3 is 1. The first-order valence-corrected chi connectivity index (χ1v) is 12.7. The van der Waals surface area contributed by atoms with Gasteiger partial charge in [0.15, 0.2) is 0 Å². The maximum Gasteiger partial charge on any atom is 0.326 e. The normalized spacial score (nSPS) is 12.8. The molecular weight excluding hydrogens is 533 g/mol.